The highest BCUT2D eigenvalue weighted by Crippen LogP contribution is 2.25. The number of morpholine rings is 1. The lowest BCUT2D eigenvalue weighted by Crippen LogP contribution is -2.43. The Labute approximate surface area is 222 Å². The second-order valence-corrected chi connectivity index (χ2v) is 11.4. The van der Waals surface area contributed by atoms with Crippen molar-refractivity contribution in [3.8, 4) is 0 Å². The standard InChI is InChI=1S/C29H36N4O3S/c1-21-16-22(2)19-32(18-21)27(34)20-37-29-30-26-9-8-24(31-12-14-36-15-13-31)17-25(26)28(35)33(29)11-10-23-6-4-3-5-7-23/h3-9,17,21-22H,10-16,18-20H2,1-2H3/t21-,22+. The number of aryl methyl sites for hydroxylation is 1. The molecule has 8 heteroatoms. The van der Waals surface area contributed by atoms with Gasteiger partial charge in [-0.2, -0.15) is 0 Å². The number of benzene rings is 2. The van der Waals surface area contributed by atoms with Gasteiger partial charge in [-0.25, -0.2) is 4.98 Å². The van der Waals surface area contributed by atoms with Crippen LogP contribution < -0.4 is 10.5 Å². The highest BCUT2D eigenvalue weighted by molar-refractivity contribution is 7.99. The van der Waals surface area contributed by atoms with Crippen LogP contribution >= 0.6 is 11.8 Å². The van der Waals surface area contributed by atoms with Gasteiger partial charge in [-0.05, 0) is 48.4 Å². The number of amides is 1. The summed E-state index contributed by atoms with van der Waals surface area (Å²) in [5.74, 6) is 1.44. The fourth-order valence-corrected chi connectivity index (χ4v) is 6.41. The van der Waals surface area contributed by atoms with Crippen LogP contribution in [0.15, 0.2) is 58.5 Å². The Morgan fingerprint density at radius 1 is 1.05 bits per heavy atom. The summed E-state index contributed by atoms with van der Waals surface area (Å²) < 4.78 is 7.25. The third kappa shape index (κ3) is 6.18. The van der Waals surface area contributed by atoms with Crippen LogP contribution in [0.3, 0.4) is 0 Å². The van der Waals surface area contributed by atoms with E-state index in [0.29, 0.717) is 47.7 Å². The Bertz CT molecular complexity index is 1280. The summed E-state index contributed by atoms with van der Waals surface area (Å²) in [7, 11) is 0. The molecule has 196 valence electrons. The van der Waals surface area contributed by atoms with Crippen molar-refractivity contribution in [3.63, 3.8) is 0 Å². The molecule has 2 fully saturated rings. The molecule has 0 saturated carbocycles. The maximum atomic E-state index is 13.8. The van der Waals surface area contributed by atoms with Crippen molar-refractivity contribution in [1.82, 2.24) is 14.5 Å². The number of rotatable bonds is 7. The van der Waals surface area contributed by atoms with Crippen molar-refractivity contribution in [3.05, 3.63) is 64.4 Å². The molecular weight excluding hydrogens is 484 g/mol. The van der Waals surface area contributed by atoms with E-state index in [2.05, 4.69) is 30.9 Å². The van der Waals surface area contributed by atoms with E-state index in [9.17, 15) is 9.59 Å². The van der Waals surface area contributed by atoms with Crippen LogP contribution in [0.4, 0.5) is 5.69 Å². The fraction of sp³-hybridized carbons (Fsp3) is 0.483. The quantitative estimate of drug-likeness (QED) is 0.346. The predicted octanol–water partition coefficient (Wildman–Crippen LogP) is 4.07. The topological polar surface area (TPSA) is 67.7 Å². The lowest BCUT2D eigenvalue weighted by atomic mass is 9.92. The van der Waals surface area contributed by atoms with Gasteiger partial charge >= 0.3 is 0 Å². The number of fused-ring (bicyclic) bond motifs is 1. The minimum Gasteiger partial charge on any atom is -0.378 e. The van der Waals surface area contributed by atoms with E-state index in [1.54, 1.807) is 4.57 Å². The number of carbonyl (C=O) groups is 1. The molecule has 7 nitrogen and oxygen atoms in total. The number of nitrogens with zero attached hydrogens (tertiary/aromatic N) is 4. The first-order valence-electron chi connectivity index (χ1n) is 13.3. The van der Waals surface area contributed by atoms with Crippen molar-refractivity contribution >= 4 is 34.3 Å². The first-order valence-corrected chi connectivity index (χ1v) is 14.3. The van der Waals surface area contributed by atoms with E-state index in [1.165, 1.54) is 17.3 Å². The maximum absolute atomic E-state index is 13.8. The van der Waals surface area contributed by atoms with Gasteiger partial charge in [0.2, 0.25) is 5.91 Å². The van der Waals surface area contributed by atoms with Crippen molar-refractivity contribution in [2.45, 2.75) is 38.4 Å². The summed E-state index contributed by atoms with van der Waals surface area (Å²) >= 11 is 1.38. The molecule has 1 aromatic heterocycles. The number of thioether (sulfide) groups is 1. The molecule has 0 bridgehead atoms. The average molecular weight is 521 g/mol. The molecule has 0 radical (unpaired) electrons. The van der Waals surface area contributed by atoms with E-state index in [0.717, 1.165) is 44.7 Å². The molecule has 37 heavy (non-hydrogen) atoms. The number of carbonyl (C=O) groups excluding carboxylic acids is 1. The number of hydrogen-bond acceptors (Lipinski definition) is 6. The molecule has 3 aromatic rings. The van der Waals surface area contributed by atoms with Gasteiger partial charge in [-0.3, -0.25) is 14.2 Å². The van der Waals surface area contributed by atoms with Crippen LogP contribution in [-0.2, 0) is 22.5 Å². The van der Waals surface area contributed by atoms with Crippen LogP contribution in [0.25, 0.3) is 10.9 Å². The van der Waals surface area contributed by atoms with Gasteiger partial charge in [0.25, 0.3) is 5.56 Å². The summed E-state index contributed by atoms with van der Waals surface area (Å²) in [5, 5.41) is 1.23. The Hall–Kier alpha value is -2.84. The lowest BCUT2D eigenvalue weighted by Gasteiger charge is -2.35. The predicted molar refractivity (Wildman–Crippen MR) is 149 cm³/mol. The van der Waals surface area contributed by atoms with Crippen LogP contribution in [0, 0.1) is 11.8 Å². The van der Waals surface area contributed by atoms with Gasteiger partial charge in [0.1, 0.15) is 0 Å². The number of aromatic nitrogens is 2. The molecule has 2 aliphatic heterocycles. The van der Waals surface area contributed by atoms with Crippen molar-refractivity contribution in [2.75, 3.05) is 50.0 Å². The summed E-state index contributed by atoms with van der Waals surface area (Å²) in [6.45, 7) is 9.55. The molecule has 2 aromatic carbocycles. The molecule has 0 spiro atoms. The van der Waals surface area contributed by atoms with Crippen molar-refractivity contribution in [2.24, 2.45) is 11.8 Å². The van der Waals surface area contributed by atoms with Gasteiger partial charge in [0.05, 0.1) is 29.9 Å². The van der Waals surface area contributed by atoms with Crippen LogP contribution in [-0.4, -0.2) is 65.5 Å². The third-order valence-electron chi connectivity index (χ3n) is 7.29. The van der Waals surface area contributed by atoms with Crippen LogP contribution in [0.5, 0.6) is 0 Å². The van der Waals surface area contributed by atoms with Gasteiger partial charge in [-0.15, -0.1) is 0 Å². The summed E-state index contributed by atoms with van der Waals surface area (Å²) in [4.78, 5) is 36.0. The lowest BCUT2D eigenvalue weighted by molar-refractivity contribution is -0.130. The molecule has 1 amide bonds. The Morgan fingerprint density at radius 2 is 1.78 bits per heavy atom. The summed E-state index contributed by atoms with van der Waals surface area (Å²) in [6.07, 6.45) is 1.88. The molecule has 0 aliphatic carbocycles. The maximum Gasteiger partial charge on any atom is 0.262 e. The number of piperidine rings is 1. The number of likely N-dealkylation sites (tertiary alicyclic amines) is 1. The molecular formula is C29H36N4O3S. The normalized spacial score (nSPS) is 20.4. The zero-order chi connectivity index (χ0) is 25.8. The van der Waals surface area contributed by atoms with Gasteiger partial charge in [-0.1, -0.05) is 55.9 Å². The minimum absolute atomic E-state index is 0.0498. The van der Waals surface area contributed by atoms with E-state index >= 15 is 0 Å². The number of hydrogen-bond donors (Lipinski definition) is 0. The smallest absolute Gasteiger partial charge is 0.262 e. The first-order chi connectivity index (χ1) is 18.0. The second kappa shape index (κ2) is 11.7. The largest absolute Gasteiger partial charge is 0.378 e. The molecule has 0 N–H and O–H groups in total. The molecule has 2 aliphatic rings. The highest BCUT2D eigenvalue weighted by atomic mass is 32.2. The SMILES string of the molecule is C[C@@H]1C[C@H](C)CN(C(=O)CSc2nc3ccc(N4CCOCC4)cc3c(=O)n2CCc2ccccc2)C1. The van der Waals surface area contributed by atoms with Gasteiger partial charge in [0, 0.05) is 38.4 Å². The Morgan fingerprint density at radius 3 is 2.51 bits per heavy atom. The van der Waals surface area contributed by atoms with E-state index in [1.807, 2.05) is 41.3 Å². The van der Waals surface area contributed by atoms with Crippen molar-refractivity contribution in [1.29, 1.82) is 0 Å². The number of anilines is 1. The van der Waals surface area contributed by atoms with Crippen LogP contribution in [0.2, 0.25) is 0 Å². The summed E-state index contributed by atoms with van der Waals surface area (Å²) in [6, 6.07) is 16.1. The molecule has 2 atom stereocenters. The zero-order valence-electron chi connectivity index (χ0n) is 21.8. The molecule has 5 rings (SSSR count). The van der Waals surface area contributed by atoms with Crippen molar-refractivity contribution < 1.29 is 9.53 Å². The monoisotopic (exact) mass is 520 g/mol. The highest BCUT2D eigenvalue weighted by Gasteiger charge is 2.26. The summed E-state index contributed by atoms with van der Waals surface area (Å²) in [5.41, 5.74) is 2.81. The Kier molecular flexibility index (Phi) is 8.15. The minimum atomic E-state index is -0.0498. The first kappa shape index (κ1) is 25.8. The number of ether oxygens (including phenoxy) is 1. The molecule has 2 saturated heterocycles. The second-order valence-electron chi connectivity index (χ2n) is 10.4. The molecule has 0 unspecified atom stereocenters. The van der Waals surface area contributed by atoms with E-state index < -0.39 is 0 Å². The fourth-order valence-electron chi connectivity index (χ4n) is 5.48. The zero-order valence-corrected chi connectivity index (χ0v) is 22.6. The van der Waals surface area contributed by atoms with Crippen LogP contribution in [0.1, 0.15) is 25.8 Å². The third-order valence-corrected chi connectivity index (χ3v) is 8.25. The molecule has 3 heterocycles. The van der Waals surface area contributed by atoms with E-state index in [4.69, 9.17) is 9.72 Å². The van der Waals surface area contributed by atoms with E-state index in [-0.39, 0.29) is 17.2 Å². The van der Waals surface area contributed by atoms with Gasteiger partial charge in [0.15, 0.2) is 5.16 Å². The average Bonchev–Trinajstić information content (AvgIpc) is 2.91. The van der Waals surface area contributed by atoms with Gasteiger partial charge < -0.3 is 14.5 Å². The Balaban J connectivity index is 1.43.